The Hall–Kier alpha value is -1.27. The van der Waals surface area contributed by atoms with E-state index in [1.54, 1.807) is 4.68 Å². The largest absolute Gasteiger partial charge is 0.286 e. The van der Waals surface area contributed by atoms with E-state index in [2.05, 4.69) is 14.7 Å². The molecule has 2 aromatic heterocycles. The summed E-state index contributed by atoms with van der Waals surface area (Å²) in [6, 6.07) is 0. The average molecular weight is 271 g/mol. The third-order valence-electron chi connectivity index (χ3n) is 2.41. The third-order valence-corrected chi connectivity index (χ3v) is 3.45. The highest BCUT2D eigenvalue weighted by Crippen LogP contribution is 2.22. The van der Waals surface area contributed by atoms with Gasteiger partial charge in [0, 0.05) is 6.54 Å². The van der Waals surface area contributed by atoms with E-state index in [0.717, 1.165) is 11.5 Å². The van der Waals surface area contributed by atoms with Crippen molar-refractivity contribution in [3.05, 3.63) is 27.5 Å². The van der Waals surface area contributed by atoms with E-state index in [9.17, 15) is 4.79 Å². The molecule has 90 valence electrons. The van der Waals surface area contributed by atoms with E-state index in [1.165, 1.54) is 6.20 Å². The van der Waals surface area contributed by atoms with Gasteiger partial charge in [-0.3, -0.25) is 9.48 Å². The standard InChI is InChI=1S/C10H11ClN4OS/c1-3-7-10(17-14-13-7)9(16)8-6(11)5-12-15(8)4-2/h5H,3-4H2,1-2H3. The Bertz CT molecular complexity index is 548. The maximum absolute atomic E-state index is 12.3. The molecule has 2 rings (SSSR count). The van der Waals surface area contributed by atoms with Crippen LogP contribution in [-0.2, 0) is 13.0 Å². The molecule has 0 radical (unpaired) electrons. The monoisotopic (exact) mass is 270 g/mol. The minimum Gasteiger partial charge on any atom is -0.286 e. The van der Waals surface area contributed by atoms with Crippen LogP contribution in [0.5, 0.6) is 0 Å². The normalized spacial score (nSPS) is 10.8. The number of aromatic nitrogens is 4. The van der Waals surface area contributed by atoms with E-state index in [-0.39, 0.29) is 5.78 Å². The number of nitrogens with zero attached hydrogens (tertiary/aromatic N) is 4. The predicted molar refractivity (Wildman–Crippen MR) is 65.6 cm³/mol. The Morgan fingerprint density at radius 1 is 1.53 bits per heavy atom. The van der Waals surface area contributed by atoms with E-state index in [1.807, 2.05) is 13.8 Å². The first kappa shape index (κ1) is 12.2. The van der Waals surface area contributed by atoms with Crippen LogP contribution < -0.4 is 0 Å². The molecule has 7 heteroatoms. The quantitative estimate of drug-likeness (QED) is 0.799. The number of halogens is 1. The molecule has 0 N–H and O–H groups in total. The zero-order valence-corrected chi connectivity index (χ0v) is 11.0. The molecule has 0 unspecified atom stereocenters. The van der Waals surface area contributed by atoms with Crippen molar-refractivity contribution >= 4 is 28.9 Å². The summed E-state index contributed by atoms with van der Waals surface area (Å²) in [5.74, 6) is -0.152. The third kappa shape index (κ3) is 2.10. The smallest absolute Gasteiger partial charge is 0.226 e. The molecular formula is C10H11ClN4OS. The number of carbonyl (C=O) groups is 1. The van der Waals surface area contributed by atoms with Gasteiger partial charge in [0.15, 0.2) is 0 Å². The lowest BCUT2D eigenvalue weighted by molar-refractivity contribution is 0.103. The van der Waals surface area contributed by atoms with Gasteiger partial charge >= 0.3 is 0 Å². The van der Waals surface area contributed by atoms with Crippen molar-refractivity contribution < 1.29 is 4.79 Å². The van der Waals surface area contributed by atoms with Crippen LogP contribution >= 0.6 is 23.1 Å². The van der Waals surface area contributed by atoms with Crippen molar-refractivity contribution in [1.29, 1.82) is 0 Å². The molecule has 0 amide bonds. The van der Waals surface area contributed by atoms with Gasteiger partial charge < -0.3 is 0 Å². The number of ketones is 1. The first-order valence-electron chi connectivity index (χ1n) is 5.26. The van der Waals surface area contributed by atoms with Gasteiger partial charge in [-0.1, -0.05) is 23.0 Å². The molecule has 0 atom stereocenters. The fourth-order valence-corrected chi connectivity index (χ4v) is 2.47. The van der Waals surface area contributed by atoms with E-state index < -0.39 is 0 Å². The molecule has 0 aliphatic rings. The molecule has 17 heavy (non-hydrogen) atoms. The topological polar surface area (TPSA) is 60.7 Å². The van der Waals surface area contributed by atoms with Gasteiger partial charge in [-0.15, -0.1) is 5.10 Å². The molecule has 0 aliphatic carbocycles. The minimum absolute atomic E-state index is 0.152. The van der Waals surface area contributed by atoms with Crippen molar-refractivity contribution in [1.82, 2.24) is 19.4 Å². The number of rotatable bonds is 4. The highest BCUT2D eigenvalue weighted by molar-refractivity contribution is 7.08. The first-order valence-corrected chi connectivity index (χ1v) is 6.41. The molecule has 0 aliphatic heterocycles. The van der Waals surface area contributed by atoms with Gasteiger partial charge in [0.1, 0.15) is 10.6 Å². The zero-order valence-electron chi connectivity index (χ0n) is 9.47. The van der Waals surface area contributed by atoms with E-state index in [0.29, 0.717) is 34.3 Å². The fourth-order valence-electron chi connectivity index (χ4n) is 1.55. The molecule has 5 nitrogen and oxygen atoms in total. The highest BCUT2D eigenvalue weighted by Gasteiger charge is 2.23. The maximum atomic E-state index is 12.3. The molecular weight excluding hydrogens is 260 g/mol. The Labute approximate surface area is 108 Å². The van der Waals surface area contributed by atoms with Crippen LogP contribution in [0.2, 0.25) is 5.02 Å². The van der Waals surface area contributed by atoms with Gasteiger partial charge in [-0.2, -0.15) is 5.10 Å². The number of hydrogen-bond acceptors (Lipinski definition) is 5. The van der Waals surface area contributed by atoms with Crippen LogP contribution in [0.3, 0.4) is 0 Å². The van der Waals surface area contributed by atoms with Gasteiger partial charge in [0.05, 0.1) is 16.9 Å². The van der Waals surface area contributed by atoms with Crippen LogP contribution in [0.4, 0.5) is 0 Å². The lowest BCUT2D eigenvalue weighted by Crippen LogP contribution is -2.11. The lowest BCUT2D eigenvalue weighted by atomic mass is 10.2. The number of hydrogen-bond donors (Lipinski definition) is 0. The Balaban J connectivity index is 2.47. The molecule has 0 spiro atoms. The molecule has 0 saturated carbocycles. The molecule has 2 aromatic rings. The van der Waals surface area contributed by atoms with Crippen LogP contribution in [-0.4, -0.2) is 25.2 Å². The summed E-state index contributed by atoms with van der Waals surface area (Å²) in [7, 11) is 0. The number of aryl methyl sites for hydroxylation is 2. The predicted octanol–water partition coefficient (Wildman–Crippen LogP) is 2.20. The van der Waals surface area contributed by atoms with Crippen molar-refractivity contribution in [2.24, 2.45) is 0 Å². The Morgan fingerprint density at radius 2 is 2.29 bits per heavy atom. The Kier molecular flexibility index (Phi) is 3.54. The molecule has 0 aromatic carbocycles. The summed E-state index contributed by atoms with van der Waals surface area (Å²) in [4.78, 5) is 12.9. The average Bonchev–Trinajstić information content (AvgIpc) is 2.93. The molecule has 0 bridgehead atoms. The molecule has 0 saturated heterocycles. The summed E-state index contributed by atoms with van der Waals surface area (Å²) >= 11 is 7.09. The minimum atomic E-state index is -0.152. The molecule has 0 fully saturated rings. The SMILES string of the molecule is CCc1nnsc1C(=O)c1c(Cl)cnn1CC. The van der Waals surface area contributed by atoms with Crippen molar-refractivity contribution in [2.75, 3.05) is 0 Å². The fraction of sp³-hybridized carbons (Fsp3) is 0.400. The van der Waals surface area contributed by atoms with Crippen molar-refractivity contribution in [3.8, 4) is 0 Å². The zero-order chi connectivity index (χ0) is 12.4. The van der Waals surface area contributed by atoms with Crippen molar-refractivity contribution in [2.45, 2.75) is 26.8 Å². The highest BCUT2D eigenvalue weighted by atomic mass is 35.5. The molecule has 2 heterocycles. The second-order valence-corrected chi connectivity index (χ2v) is 4.55. The number of carbonyl (C=O) groups excluding carboxylic acids is 1. The van der Waals surface area contributed by atoms with Crippen LogP contribution in [0.25, 0.3) is 0 Å². The van der Waals surface area contributed by atoms with Gasteiger partial charge in [-0.05, 0) is 24.9 Å². The van der Waals surface area contributed by atoms with Crippen LogP contribution in [0, 0.1) is 0 Å². The maximum Gasteiger partial charge on any atom is 0.226 e. The Morgan fingerprint density at radius 3 is 2.94 bits per heavy atom. The van der Waals surface area contributed by atoms with E-state index in [4.69, 9.17) is 11.6 Å². The van der Waals surface area contributed by atoms with Gasteiger partial charge in [0.2, 0.25) is 5.78 Å². The van der Waals surface area contributed by atoms with Gasteiger partial charge in [-0.25, -0.2) is 0 Å². The summed E-state index contributed by atoms with van der Waals surface area (Å²) in [6.45, 7) is 4.44. The summed E-state index contributed by atoms with van der Waals surface area (Å²) in [5, 5.41) is 8.34. The summed E-state index contributed by atoms with van der Waals surface area (Å²) in [5.41, 5.74) is 1.12. The van der Waals surface area contributed by atoms with Crippen molar-refractivity contribution in [3.63, 3.8) is 0 Å². The lowest BCUT2D eigenvalue weighted by Gasteiger charge is -2.03. The van der Waals surface area contributed by atoms with Crippen LogP contribution in [0.15, 0.2) is 6.20 Å². The summed E-state index contributed by atoms with van der Waals surface area (Å²) in [6.07, 6.45) is 2.16. The first-order chi connectivity index (χ1) is 8.19. The second-order valence-electron chi connectivity index (χ2n) is 3.39. The second kappa shape index (κ2) is 4.93. The summed E-state index contributed by atoms with van der Waals surface area (Å²) < 4.78 is 5.39. The van der Waals surface area contributed by atoms with Gasteiger partial charge in [0.25, 0.3) is 0 Å². The van der Waals surface area contributed by atoms with E-state index >= 15 is 0 Å². The van der Waals surface area contributed by atoms with Crippen LogP contribution in [0.1, 0.15) is 34.9 Å².